The van der Waals surface area contributed by atoms with Crippen molar-refractivity contribution in [3.63, 3.8) is 0 Å². The molecule has 39 heavy (non-hydrogen) atoms. The molecule has 2 heterocycles. The molecule has 0 spiro atoms. The van der Waals surface area contributed by atoms with Crippen LogP contribution in [0, 0.1) is 0 Å². The highest BCUT2D eigenvalue weighted by molar-refractivity contribution is 6.31. The lowest BCUT2D eigenvalue weighted by atomic mass is 10.0. The van der Waals surface area contributed by atoms with E-state index in [1.807, 2.05) is 42.5 Å². The number of benzene rings is 3. The number of piperidine rings is 1. The van der Waals surface area contributed by atoms with Gasteiger partial charge in [0, 0.05) is 30.2 Å². The SMILES string of the molecule is COc1ccc(-c2coc3cc(OCCCN(C)C4CCN(Cc5ccccc5Cl)CC4)ccc3c2=O)cc1. The van der Waals surface area contributed by atoms with Gasteiger partial charge in [0.15, 0.2) is 5.43 Å². The number of nitrogens with zero attached hydrogens (tertiary/aromatic N) is 2. The Bertz CT molecular complexity index is 1450. The Morgan fingerprint density at radius 1 is 1.03 bits per heavy atom. The van der Waals surface area contributed by atoms with Crippen LogP contribution in [-0.2, 0) is 6.54 Å². The summed E-state index contributed by atoms with van der Waals surface area (Å²) >= 11 is 6.34. The van der Waals surface area contributed by atoms with E-state index >= 15 is 0 Å². The fourth-order valence-electron chi connectivity index (χ4n) is 5.24. The molecule has 1 aliphatic heterocycles. The van der Waals surface area contributed by atoms with E-state index in [0.717, 1.165) is 61.8 Å². The normalized spacial score (nSPS) is 14.7. The molecule has 0 unspecified atom stereocenters. The lowest BCUT2D eigenvalue weighted by Crippen LogP contribution is -2.43. The molecule has 0 N–H and O–H groups in total. The molecule has 1 aliphatic rings. The smallest absolute Gasteiger partial charge is 0.200 e. The molecule has 0 amide bonds. The molecule has 204 valence electrons. The van der Waals surface area contributed by atoms with Crippen molar-refractivity contribution in [1.29, 1.82) is 0 Å². The van der Waals surface area contributed by atoms with Gasteiger partial charge in [-0.25, -0.2) is 0 Å². The molecule has 0 radical (unpaired) electrons. The van der Waals surface area contributed by atoms with Crippen molar-refractivity contribution >= 4 is 22.6 Å². The van der Waals surface area contributed by atoms with Gasteiger partial charge in [0.2, 0.25) is 0 Å². The van der Waals surface area contributed by atoms with Crippen LogP contribution in [0.1, 0.15) is 24.8 Å². The number of hydrogen-bond donors (Lipinski definition) is 0. The Morgan fingerprint density at radius 3 is 2.51 bits per heavy atom. The average molecular weight is 547 g/mol. The summed E-state index contributed by atoms with van der Waals surface area (Å²) in [6.45, 7) is 4.66. The molecule has 7 heteroatoms. The van der Waals surface area contributed by atoms with Gasteiger partial charge < -0.3 is 18.8 Å². The van der Waals surface area contributed by atoms with Crippen LogP contribution >= 0.6 is 11.6 Å². The molecular formula is C32H35ClN2O4. The molecule has 0 aliphatic carbocycles. The Hall–Kier alpha value is -3.32. The highest BCUT2D eigenvalue weighted by atomic mass is 35.5. The van der Waals surface area contributed by atoms with Gasteiger partial charge in [-0.3, -0.25) is 9.69 Å². The van der Waals surface area contributed by atoms with Crippen molar-refractivity contribution in [2.24, 2.45) is 0 Å². The molecular weight excluding hydrogens is 512 g/mol. The fourth-order valence-corrected chi connectivity index (χ4v) is 5.44. The van der Waals surface area contributed by atoms with Gasteiger partial charge in [-0.05, 0) is 80.9 Å². The highest BCUT2D eigenvalue weighted by Crippen LogP contribution is 2.25. The van der Waals surface area contributed by atoms with Crippen LogP contribution in [0.15, 0.2) is 82.2 Å². The molecule has 4 aromatic rings. The predicted molar refractivity (Wildman–Crippen MR) is 157 cm³/mol. The Labute approximate surface area is 234 Å². The standard InChI is InChI=1S/C32H35ClN2O4/c1-34(25-14-17-35(18-15-25)21-24-6-3-4-7-30(24)33)16-5-19-38-27-12-13-28-31(20-27)39-22-29(32(28)36)23-8-10-26(37-2)11-9-23/h3-4,6-13,20,22,25H,5,14-19,21H2,1-2H3. The predicted octanol–water partition coefficient (Wildman–Crippen LogP) is 6.49. The minimum atomic E-state index is -0.0625. The van der Waals surface area contributed by atoms with Crippen LogP contribution in [0.3, 0.4) is 0 Å². The van der Waals surface area contributed by atoms with E-state index in [-0.39, 0.29) is 5.43 Å². The van der Waals surface area contributed by atoms with E-state index in [9.17, 15) is 4.79 Å². The number of likely N-dealkylation sites (tertiary alicyclic amines) is 1. The maximum absolute atomic E-state index is 13.1. The van der Waals surface area contributed by atoms with Crippen LogP contribution in [0.2, 0.25) is 5.02 Å². The van der Waals surface area contributed by atoms with E-state index in [2.05, 4.69) is 29.0 Å². The third-order valence-corrected chi connectivity index (χ3v) is 7.97. The van der Waals surface area contributed by atoms with Crippen LogP contribution in [0.4, 0.5) is 0 Å². The van der Waals surface area contributed by atoms with Gasteiger partial charge in [-0.15, -0.1) is 0 Å². The topological polar surface area (TPSA) is 55.2 Å². The lowest BCUT2D eigenvalue weighted by molar-refractivity contribution is 0.119. The van der Waals surface area contributed by atoms with Crippen LogP contribution in [-0.4, -0.2) is 56.2 Å². The lowest BCUT2D eigenvalue weighted by Gasteiger charge is -2.37. The largest absolute Gasteiger partial charge is 0.497 e. The maximum Gasteiger partial charge on any atom is 0.200 e. The zero-order valence-corrected chi connectivity index (χ0v) is 23.3. The van der Waals surface area contributed by atoms with Crippen molar-refractivity contribution < 1.29 is 13.9 Å². The van der Waals surface area contributed by atoms with Gasteiger partial charge >= 0.3 is 0 Å². The Kier molecular flexibility index (Phi) is 8.87. The summed E-state index contributed by atoms with van der Waals surface area (Å²) in [7, 11) is 3.82. The van der Waals surface area contributed by atoms with Gasteiger partial charge in [-0.2, -0.15) is 0 Å². The fraction of sp³-hybridized carbons (Fsp3) is 0.344. The van der Waals surface area contributed by atoms with Gasteiger partial charge in [-0.1, -0.05) is 41.9 Å². The first kappa shape index (κ1) is 27.3. The number of ether oxygens (including phenoxy) is 2. The maximum atomic E-state index is 13.1. The average Bonchev–Trinajstić information content (AvgIpc) is 2.97. The summed E-state index contributed by atoms with van der Waals surface area (Å²) in [6, 6.07) is 21.5. The molecule has 0 saturated carbocycles. The highest BCUT2D eigenvalue weighted by Gasteiger charge is 2.22. The number of rotatable bonds is 10. The van der Waals surface area contributed by atoms with Crippen LogP contribution in [0.25, 0.3) is 22.1 Å². The van der Waals surface area contributed by atoms with Crippen LogP contribution in [0.5, 0.6) is 11.5 Å². The molecule has 0 atom stereocenters. The van der Waals surface area contributed by atoms with E-state index in [1.165, 1.54) is 11.8 Å². The molecule has 1 saturated heterocycles. The second kappa shape index (κ2) is 12.7. The van der Waals surface area contributed by atoms with Crippen LogP contribution < -0.4 is 14.9 Å². The molecule has 0 bridgehead atoms. The van der Waals surface area contributed by atoms with Gasteiger partial charge in [0.05, 0.1) is 24.7 Å². The second-order valence-electron chi connectivity index (χ2n) is 10.1. The summed E-state index contributed by atoms with van der Waals surface area (Å²) < 4.78 is 17.0. The quantitative estimate of drug-likeness (QED) is 0.212. The third kappa shape index (κ3) is 6.64. The first-order chi connectivity index (χ1) is 19.0. The first-order valence-electron chi connectivity index (χ1n) is 13.5. The summed E-state index contributed by atoms with van der Waals surface area (Å²) in [6.07, 6.45) is 4.76. The summed E-state index contributed by atoms with van der Waals surface area (Å²) in [5, 5.41) is 1.39. The second-order valence-corrected chi connectivity index (χ2v) is 10.6. The van der Waals surface area contributed by atoms with Crippen molar-refractivity contribution in [3.8, 4) is 22.6 Å². The first-order valence-corrected chi connectivity index (χ1v) is 13.9. The summed E-state index contributed by atoms with van der Waals surface area (Å²) in [5.74, 6) is 1.45. The molecule has 3 aromatic carbocycles. The zero-order valence-electron chi connectivity index (χ0n) is 22.6. The number of fused-ring (bicyclic) bond motifs is 1. The Morgan fingerprint density at radius 2 is 1.77 bits per heavy atom. The molecule has 1 aromatic heterocycles. The van der Waals surface area contributed by atoms with Crippen molar-refractivity contribution in [2.75, 3.05) is 40.4 Å². The Balaban J connectivity index is 1.09. The van der Waals surface area contributed by atoms with E-state index in [0.29, 0.717) is 34.9 Å². The van der Waals surface area contributed by atoms with E-state index < -0.39 is 0 Å². The molecule has 5 rings (SSSR count). The molecule has 1 fully saturated rings. The number of methoxy groups -OCH3 is 1. The van der Waals surface area contributed by atoms with Crippen molar-refractivity contribution in [3.05, 3.63) is 93.8 Å². The number of hydrogen-bond acceptors (Lipinski definition) is 6. The van der Waals surface area contributed by atoms with Crippen molar-refractivity contribution in [1.82, 2.24) is 9.80 Å². The van der Waals surface area contributed by atoms with Crippen molar-refractivity contribution in [2.45, 2.75) is 31.8 Å². The number of halogens is 1. The van der Waals surface area contributed by atoms with Gasteiger partial charge in [0.1, 0.15) is 23.3 Å². The van der Waals surface area contributed by atoms with E-state index in [1.54, 1.807) is 19.2 Å². The minimum absolute atomic E-state index is 0.0625. The summed E-state index contributed by atoms with van der Waals surface area (Å²) in [5.41, 5.74) is 2.98. The summed E-state index contributed by atoms with van der Waals surface area (Å²) in [4.78, 5) is 18.0. The van der Waals surface area contributed by atoms with Gasteiger partial charge in [0.25, 0.3) is 0 Å². The van der Waals surface area contributed by atoms with E-state index in [4.69, 9.17) is 25.5 Å². The molecule has 6 nitrogen and oxygen atoms in total. The third-order valence-electron chi connectivity index (χ3n) is 7.60. The zero-order chi connectivity index (χ0) is 27.2. The monoisotopic (exact) mass is 546 g/mol. The minimum Gasteiger partial charge on any atom is -0.497 e.